The van der Waals surface area contributed by atoms with Crippen LogP contribution in [0, 0.1) is 0 Å². The van der Waals surface area contributed by atoms with Crippen LogP contribution < -0.4 is 11.5 Å². The fourth-order valence-corrected chi connectivity index (χ4v) is 3.07. The number of aromatic hydroxyl groups is 1. The fraction of sp³-hybridized carbons (Fsp3) is 0. The number of phenolic OH excluding ortho intramolecular Hbond substituents is 1. The molecule has 0 aliphatic heterocycles. The second kappa shape index (κ2) is 6.66. The van der Waals surface area contributed by atoms with Crippen molar-refractivity contribution in [3.8, 4) is 16.9 Å². The van der Waals surface area contributed by atoms with Crippen molar-refractivity contribution >= 4 is 39.8 Å². The van der Waals surface area contributed by atoms with Gasteiger partial charge in [0.15, 0.2) is 5.75 Å². The number of anilines is 1. The third kappa shape index (κ3) is 3.07. The second-order valence-electron chi connectivity index (χ2n) is 6.01. The number of halogens is 1. The molecule has 134 valence electrons. The highest BCUT2D eigenvalue weighted by Gasteiger charge is 2.17. The molecule has 0 fully saturated rings. The predicted octanol–water partition coefficient (Wildman–Crippen LogP) is 4.21. The molecule has 0 bridgehead atoms. The zero-order valence-corrected chi connectivity index (χ0v) is 14.9. The van der Waals surface area contributed by atoms with Crippen LogP contribution in [0.1, 0.15) is 5.56 Å². The molecule has 7 heteroatoms. The van der Waals surface area contributed by atoms with E-state index >= 15 is 0 Å². The molecule has 0 amide bonds. The highest BCUT2D eigenvalue weighted by molar-refractivity contribution is 6.34. The van der Waals surface area contributed by atoms with E-state index in [1.165, 1.54) is 0 Å². The van der Waals surface area contributed by atoms with E-state index in [-0.39, 0.29) is 23.0 Å². The molecule has 4 aromatic rings. The van der Waals surface area contributed by atoms with Gasteiger partial charge in [-0.1, -0.05) is 41.9 Å². The van der Waals surface area contributed by atoms with Gasteiger partial charge in [-0.3, -0.25) is 0 Å². The number of aromatic amines is 1. The molecule has 6 nitrogen and oxygen atoms in total. The summed E-state index contributed by atoms with van der Waals surface area (Å²) in [5, 5.41) is 11.1. The Morgan fingerprint density at radius 3 is 2.67 bits per heavy atom. The number of aromatic nitrogens is 2. The molecule has 0 unspecified atom stereocenters. The first kappa shape index (κ1) is 16.9. The number of phenols is 1. The van der Waals surface area contributed by atoms with Crippen LogP contribution in [0.2, 0.25) is 5.02 Å². The van der Waals surface area contributed by atoms with Crippen molar-refractivity contribution in [1.82, 2.24) is 9.97 Å². The molecule has 0 saturated carbocycles. The van der Waals surface area contributed by atoms with E-state index in [2.05, 4.69) is 15.0 Å². The Balaban J connectivity index is 1.85. The number of amidine groups is 1. The highest BCUT2D eigenvalue weighted by Crippen LogP contribution is 2.45. The molecule has 3 aromatic carbocycles. The molecular weight excluding hydrogens is 362 g/mol. The topological polar surface area (TPSA) is 113 Å². The maximum absolute atomic E-state index is 10.8. The fourth-order valence-electron chi connectivity index (χ4n) is 2.87. The SMILES string of the molecule is NC(=Nc1c(N)c(Cl)cc(-c2ccccc2)c1O)c1ccc2nc[nH]c2c1. The number of nitrogen functional groups attached to an aromatic ring is 1. The quantitative estimate of drug-likeness (QED) is 0.243. The van der Waals surface area contributed by atoms with Crippen molar-refractivity contribution in [2.45, 2.75) is 0 Å². The molecule has 0 aliphatic carbocycles. The Kier molecular flexibility index (Phi) is 4.18. The lowest BCUT2D eigenvalue weighted by molar-refractivity contribution is 0.479. The van der Waals surface area contributed by atoms with Crippen molar-refractivity contribution < 1.29 is 5.11 Å². The maximum Gasteiger partial charge on any atom is 0.151 e. The average molecular weight is 378 g/mol. The van der Waals surface area contributed by atoms with Crippen LogP contribution in [-0.4, -0.2) is 20.9 Å². The van der Waals surface area contributed by atoms with Gasteiger partial charge < -0.3 is 21.6 Å². The van der Waals surface area contributed by atoms with Gasteiger partial charge >= 0.3 is 0 Å². The first-order valence-corrected chi connectivity index (χ1v) is 8.56. The maximum atomic E-state index is 10.8. The summed E-state index contributed by atoms with van der Waals surface area (Å²) in [6.45, 7) is 0. The van der Waals surface area contributed by atoms with E-state index < -0.39 is 0 Å². The number of H-pyrrole nitrogens is 1. The van der Waals surface area contributed by atoms with Crippen molar-refractivity contribution in [1.29, 1.82) is 0 Å². The van der Waals surface area contributed by atoms with Gasteiger partial charge in [0.05, 0.1) is 28.1 Å². The third-order valence-electron chi connectivity index (χ3n) is 4.30. The van der Waals surface area contributed by atoms with E-state index in [4.69, 9.17) is 23.1 Å². The van der Waals surface area contributed by atoms with Crippen LogP contribution in [0.5, 0.6) is 5.75 Å². The van der Waals surface area contributed by atoms with Crippen LogP contribution in [0.15, 0.2) is 65.9 Å². The molecule has 0 saturated heterocycles. The predicted molar refractivity (Wildman–Crippen MR) is 109 cm³/mol. The van der Waals surface area contributed by atoms with Crippen molar-refractivity contribution in [3.05, 3.63) is 71.5 Å². The lowest BCUT2D eigenvalue weighted by Gasteiger charge is -2.12. The first-order valence-electron chi connectivity index (χ1n) is 8.18. The number of nitrogens with zero attached hydrogens (tertiary/aromatic N) is 2. The smallest absolute Gasteiger partial charge is 0.151 e. The molecule has 0 radical (unpaired) electrons. The van der Waals surface area contributed by atoms with Gasteiger partial charge in [0, 0.05) is 11.1 Å². The van der Waals surface area contributed by atoms with Gasteiger partial charge in [0.1, 0.15) is 11.5 Å². The van der Waals surface area contributed by atoms with E-state index in [0.29, 0.717) is 16.1 Å². The van der Waals surface area contributed by atoms with Crippen LogP contribution in [0.4, 0.5) is 11.4 Å². The van der Waals surface area contributed by atoms with Gasteiger partial charge in [-0.25, -0.2) is 9.98 Å². The number of benzene rings is 3. The number of hydrogen-bond acceptors (Lipinski definition) is 4. The molecule has 6 N–H and O–H groups in total. The van der Waals surface area contributed by atoms with Crippen molar-refractivity contribution in [2.75, 3.05) is 5.73 Å². The minimum absolute atomic E-state index is 0.0753. The standard InChI is InChI=1S/C20H16ClN5O/c21-14-9-13(11-4-2-1-3-5-11)19(27)18(17(14)22)26-20(23)12-6-7-15-16(8-12)25-10-24-15/h1-10,27H,22H2,(H2,23,26)(H,24,25). The summed E-state index contributed by atoms with van der Waals surface area (Å²) in [4.78, 5) is 11.6. The van der Waals surface area contributed by atoms with Crippen LogP contribution in [-0.2, 0) is 0 Å². The van der Waals surface area contributed by atoms with Gasteiger partial charge in [-0.15, -0.1) is 0 Å². The lowest BCUT2D eigenvalue weighted by Crippen LogP contribution is -2.13. The molecule has 27 heavy (non-hydrogen) atoms. The number of nitrogens with two attached hydrogens (primary N) is 2. The second-order valence-corrected chi connectivity index (χ2v) is 6.42. The monoisotopic (exact) mass is 377 g/mol. The zero-order valence-electron chi connectivity index (χ0n) is 14.1. The summed E-state index contributed by atoms with van der Waals surface area (Å²) in [6, 6.07) is 16.5. The number of aliphatic imine (C=N–C) groups is 1. The summed E-state index contributed by atoms with van der Waals surface area (Å²) in [7, 11) is 0. The Bertz CT molecular complexity index is 1170. The molecule has 0 atom stereocenters. The normalized spacial score (nSPS) is 11.8. The molecule has 1 heterocycles. The molecule has 4 rings (SSSR count). The van der Waals surface area contributed by atoms with E-state index in [0.717, 1.165) is 16.6 Å². The molecule has 1 aromatic heterocycles. The molecule has 0 aliphatic rings. The Morgan fingerprint density at radius 2 is 1.89 bits per heavy atom. The minimum Gasteiger partial charge on any atom is -0.505 e. The van der Waals surface area contributed by atoms with E-state index in [9.17, 15) is 5.11 Å². The molecule has 0 spiro atoms. The van der Waals surface area contributed by atoms with Gasteiger partial charge in [0.2, 0.25) is 0 Å². The minimum atomic E-state index is -0.0753. The van der Waals surface area contributed by atoms with Crippen molar-refractivity contribution in [2.24, 2.45) is 10.7 Å². The third-order valence-corrected chi connectivity index (χ3v) is 4.61. The van der Waals surface area contributed by atoms with Gasteiger partial charge in [0.25, 0.3) is 0 Å². The zero-order chi connectivity index (χ0) is 19.0. The number of nitrogens with one attached hydrogen (secondary N) is 1. The molecular formula is C20H16ClN5O. The van der Waals surface area contributed by atoms with E-state index in [1.807, 2.05) is 42.5 Å². The highest BCUT2D eigenvalue weighted by atomic mass is 35.5. The summed E-state index contributed by atoms with van der Waals surface area (Å²) >= 11 is 6.27. The largest absolute Gasteiger partial charge is 0.505 e. The number of imidazole rings is 1. The van der Waals surface area contributed by atoms with Gasteiger partial charge in [-0.05, 0) is 29.8 Å². The van der Waals surface area contributed by atoms with E-state index in [1.54, 1.807) is 18.5 Å². The Morgan fingerprint density at radius 1 is 1.11 bits per heavy atom. The van der Waals surface area contributed by atoms with Crippen LogP contribution in [0.3, 0.4) is 0 Å². The van der Waals surface area contributed by atoms with Crippen molar-refractivity contribution in [3.63, 3.8) is 0 Å². The summed E-state index contributed by atoms with van der Waals surface area (Å²) < 4.78 is 0. The number of rotatable bonds is 3. The average Bonchev–Trinajstić information content (AvgIpc) is 3.16. The first-order chi connectivity index (χ1) is 13.0. The summed E-state index contributed by atoms with van der Waals surface area (Å²) in [5.74, 6) is 0.128. The number of fused-ring (bicyclic) bond motifs is 1. The summed E-state index contributed by atoms with van der Waals surface area (Å²) in [6.07, 6.45) is 1.61. The Labute approximate surface area is 160 Å². The summed E-state index contributed by atoms with van der Waals surface area (Å²) in [5.41, 5.74) is 16.2. The number of hydrogen-bond donors (Lipinski definition) is 4. The van der Waals surface area contributed by atoms with Gasteiger partial charge in [-0.2, -0.15) is 0 Å². The van der Waals surface area contributed by atoms with Crippen LogP contribution >= 0.6 is 11.6 Å². The van der Waals surface area contributed by atoms with Crippen LogP contribution in [0.25, 0.3) is 22.2 Å². The lowest BCUT2D eigenvalue weighted by atomic mass is 10.0. The Hall–Kier alpha value is -3.51.